The maximum Gasteiger partial charge on any atom is 0.407 e. The molecule has 0 saturated carbocycles. The predicted octanol–water partition coefficient (Wildman–Crippen LogP) is 1.24. The Morgan fingerprint density at radius 2 is 2.04 bits per heavy atom. The van der Waals surface area contributed by atoms with Crippen LogP contribution in [-0.2, 0) is 16.1 Å². The van der Waals surface area contributed by atoms with E-state index in [0.29, 0.717) is 12.3 Å². The number of nitrogens with one attached hydrogen (secondary N) is 2. The van der Waals surface area contributed by atoms with Gasteiger partial charge in [-0.1, -0.05) is 12.1 Å². The molecule has 8 nitrogen and oxygen atoms in total. The molecule has 0 aliphatic heterocycles. The molecule has 0 spiro atoms. The van der Waals surface area contributed by atoms with Crippen LogP contribution in [0.1, 0.15) is 12.5 Å². The standard InChI is InChI=1S/C16H20N4O4/c1-11(19-16(22)24-3)15(21)17-8-12-9-18-20(10-12)13-6-4-5-7-14(13)23-2/h4-7,9-11H,8H2,1-3H3,(H,17,21)(H,19,22)/t11-/m1/s1. The maximum absolute atomic E-state index is 11.9. The summed E-state index contributed by atoms with van der Waals surface area (Å²) in [5.41, 5.74) is 1.62. The van der Waals surface area contributed by atoms with E-state index in [1.165, 1.54) is 7.11 Å². The van der Waals surface area contributed by atoms with Gasteiger partial charge in [-0.15, -0.1) is 0 Å². The quantitative estimate of drug-likeness (QED) is 0.830. The average molecular weight is 332 g/mol. The van der Waals surface area contributed by atoms with Crippen LogP contribution in [0, 0.1) is 0 Å². The van der Waals surface area contributed by atoms with E-state index in [0.717, 1.165) is 11.3 Å². The molecule has 1 aromatic heterocycles. The van der Waals surface area contributed by atoms with Gasteiger partial charge < -0.3 is 20.1 Å². The van der Waals surface area contributed by atoms with E-state index in [1.54, 1.807) is 31.1 Å². The minimum atomic E-state index is -0.693. The fourth-order valence-electron chi connectivity index (χ4n) is 2.05. The average Bonchev–Trinajstić information content (AvgIpc) is 3.08. The molecule has 2 aromatic rings. The van der Waals surface area contributed by atoms with Crippen molar-refractivity contribution >= 4 is 12.0 Å². The first-order valence-corrected chi connectivity index (χ1v) is 7.34. The molecule has 1 atom stereocenters. The maximum atomic E-state index is 11.9. The minimum Gasteiger partial charge on any atom is -0.494 e. The van der Waals surface area contributed by atoms with Gasteiger partial charge in [0.25, 0.3) is 0 Å². The van der Waals surface area contributed by atoms with Crippen LogP contribution in [0.2, 0.25) is 0 Å². The second-order valence-corrected chi connectivity index (χ2v) is 5.04. The molecular formula is C16H20N4O4. The van der Waals surface area contributed by atoms with Crippen LogP contribution >= 0.6 is 0 Å². The van der Waals surface area contributed by atoms with Crippen molar-refractivity contribution in [2.45, 2.75) is 19.5 Å². The van der Waals surface area contributed by atoms with E-state index >= 15 is 0 Å². The Labute approximate surface area is 139 Å². The van der Waals surface area contributed by atoms with Gasteiger partial charge in [0, 0.05) is 18.3 Å². The highest BCUT2D eigenvalue weighted by Crippen LogP contribution is 2.21. The van der Waals surface area contributed by atoms with E-state index in [-0.39, 0.29) is 5.91 Å². The molecule has 0 bridgehead atoms. The Balaban J connectivity index is 1.97. The lowest BCUT2D eigenvalue weighted by Crippen LogP contribution is -2.44. The van der Waals surface area contributed by atoms with E-state index < -0.39 is 12.1 Å². The molecule has 2 rings (SSSR count). The van der Waals surface area contributed by atoms with Crippen molar-refractivity contribution in [2.75, 3.05) is 14.2 Å². The third-order valence-electron chi connectivity index (χ3n) is 3.35. The van der Waals surface area contributed by atoms with Gasteiger partial charge in [-0.3, -0.25) is 4.79 Å². The zero-order chi connectivity index (χ0) is 17.5. The molecule has 8 heteroatoms. The number of aromatic nitrogens is 2. The number of methoxy groups -OCH3 is 2. The number of carbonyl (C=O) groups is 2. The highest BCUT2D eigenvalue weighted by molar-refractivity contribution is 5.85. The molecule has 2 amide bonds. The van der Waals surface area contributed by atoms with E-state index in [1.807, 2.05) is 24.3 Å². The third-order valence-corrected chi connectivity index (χ3v) is 3.35. The van der Waals surface area contributed by atoms with Gasteiger partial charge in [0.05, 0.1) is 20.4 Å². The summed E-state index contributed by atoms with van der Waals surface area (Å²) in [6.07, 6.45) is 2.81. The minimum absolute atomic E-state index is 0.293. The van der Waals surface area contributed by atoms with E-state index in [9.17, 15) is 9.59 Å². The molecule has 0 unspecified atom stereocenters. The molecule has 0 radical (unpaired) electrons. The second kappa shape index (κ2) is 8.00. The summed E-state index contributed by atoms with van der Waals surface area (Å²) in [6.45, 7) is 1.87. The normalized spacial score (nSPS) is 11.5. The number of para-hydroxylation sites is 2. The van der Waals surface area contributed by atoms with E-state index in [2.05, 4.69) is 20.5 Å². The molecule has 0 aliphatic rings. The number of nitrogens with zero attached hydrogens (tertiary/aromatic N) is 2. The number of alkyl carbamates (subject to hydrolysis) is 1. The molecular weight excluding hydrogens is 312 g/mol. The van der Waals surface area contributed by atoms with Crippen LogP contribution in [0.15, 0.2) is 36.7 Å². The number of benzene rings is 1. The molecule has 0 saturated heterocycles. The van der Waals surface area contributed by atoms with Crippen LogP contribution in [0.5, 0.6) is 5.75 Å². The Morgan fingerprint density at radius 3 is 2.75 bits per heavy atom. The van der Waals surface area contributed by atoms with Gasteiger partial charge in [0.2, 0.25) is 5.91 Å². The van der Waals surface area contributed by atoms with Crippen molar-refractivity contribution < 1.29 is 19.1 Å². The van der Waals surface area contributed by atoms with Crippen LogP contribution < -0.4 is 15.4 Å². The topological polar surface area (TPSA) is 94.5 Å². The summed E-state index contributed by atoms with van der Waals surface area (Å²) in [6, 6.07) is 6.81. The van der Waals surface area contributed by atoms with Crippen LogP contribution in [0.25, 0.3) is 5.69 Å². The van der Waals surface area contributed by atoms with Crippen molar-refractivity contribution in [2.24, 2.45) is 0 Å². The molecule has 0 fully saturated rings. The number of rotatable bonds is 6. The first kappa shape index (κ1) is 17.3. The Bertz CT molecular complexity index is 714. The number of hydrogen-bond donors (Lipinski definition) is 2. The van der Waals surface area contributed by atoms with E-state index in [4.69, 9.17) is 4.74 Å². The lowest BCUT2D eigenvalue weighted by molar-refractivity contribution is -0.122. The van der Waals surface area contributed by atoms with Gasteiger partial charge >= 0.3 is 6.09 Å². The fraction of sp³-hybridized carbons (Fsp3) is 0.312. The summed E-state index contributed by atoms with van der Waals surface area (Å²) in [4.78, 5) is 23.0. The number of hydrogen-bond acceptors (Lipinski definition) is 5. The molecule has 0 aliphatic carbocycles. The van der Waals surface area contributed by atoms with Gasteiger partial charge in [0.15, 0.2) is 0 Å². The van der Waals surface area contributed by atoms with Gasteiger partial charge in [0.1, 0.15) is 17.5 Å². The highest BCUT2D eigenvalue weighted by Gasteiger charge is 2.15. The zero-order valence-corrected chi connectivity index (χ0v) is 13.8. The molecule has 2 N–H and O–H groups in total. The Morgan fingerprint density at radius 1 is 1.29 bits per heavy atom. The van der Waals surface area contributed by atoms with Crippen LogP contribution in [-0.4, -0.2) is 42.0 Å². The summed E-state index contributed by atoms with van der Waals surface area (Å²) >= 11 is 0. The van der Waals surface area contributed by atoms with Gasteiger partial charge in [-0.25, -0.2) is 9.48 Å². The molecule has 1 heterocycles. The molecule has 128 valence electrons. The number of amides is 2. The van der Waals surface area contributed by atoms with Crippen LogP contribution in [0.3, 0.4) is 0 Å². The molecule has 1 aromatic carbocycles. The van der Waals surface area contributed by atoms with Crippen molar-refractivity contribution in [3.8, 4) is 11.4 Å². The first-order chi connectivity index (χ1) is 11.5. The zero-order valence-electron chi connectivity index (χ0n) is 13.8. The lowest BCUT2D eigenvalue weighted by Gasteiger charge is -2.12. The SMILES string of the molecule is COC(=O)N[C@H](C)C(=O)NCc1cnn(-c2ccccc2OC)c1. The summed E-state index contributed by atoms with van der Waals surface area (Å²) < 4.78 is 11.4. The van der Waals surface area contributed by atoms with Gasteiger partial charge in [-0.05, 0) is 19.1 Å². The van der Waals surface area contributed by atoms with Crippen molar-refractivity contribution in [3.63, 3.8) is 0 Å². The third kappa shape index (κ3) is 4.25. The molecule has 24 heavy (non-hydrogen) atoms. The summed E-state index contributed by atoms with van der Waals surface area (Å²) in [5.74, 6) is 0.387. The Kier molecular flexibility index (Phi) is 5.78. The van der Waals surface area contributed by atoms with Crippen LogP contribution in [0.4, 0.5) is 4.79 Å². The first-order valence-electron chi connectivity index (χ1n) is 7.34. The monoisotopic (exact) mass is 332 g/mol. The lowest BCUT2D eigenvalue weighted by atomic mass is 10.3. The summed E-state index contributed by atoms with van der Waals surface area (Å²) in [7, 11) is 2.84. The predicted molar refractivity (Wildman–Crippen MR) is 87.0 cm³/mol. The Hall–Kier alpha value is -3.03. The van der Waals surface area contributed by atoms with Crippen molar-refractivity contribution in [3.05, 3.63) is 42.2 Å². The fourth-order valence-corrected chi connectivity index (χ4v) is 2.05. The number of carbonyl (C=O) groups excluding carboxylic acids is 2. The van der Waals surface area contributed by atoms with Gasteiger partial charge in [-0.2, -0.15) is 5.10 Å². The number of ether oxygens (including phenoxy) is 2. The second-order valence-electron chi connectivity index (χ2n) is 5.04. The summed E-state index contributed by atoms with van der Waals surface area (Å²) in [5, 5.41) is 9.40. The van der Waals surface area contributed by atoms with Crippen molar-refractivity contribution in [1.29, 1.82) is 0 Å². The largest absolute Gasteiger partial charge is 0.494 e. The van der Waals surface area contributed by atoms with Crippen molar-refractivity contribution in [1.82, 2.24) is 20.4 Å². The highest BCUT2D eigenvalue weighted by atomic mass is 16.5. The smallest absolute Gasteiger partial charge is 0.407 e.